The molecule has 0 amide bonds. The van der Waals surface area contributed by atoms with Crippen molar-refractivity contribution in [3.63, 3.8) is 0 Å². The predicted molar refractivity (Wildman–Crippen MR) is 57.3 cm³/mol. The molecule has 0 aliphatic carbocycles. The van der Waals surface area contributed by atoms with Gasteiger partial charge in [-0.2, -0.15) is 0 Å². The molecule has 86 valence electrons. The van der Waals surface area contributed by atoms with Gasteiger partial charge in [-0.3, -0.25) is 0 Å². The van der Waals surface area contributed by atoms with E-state index in [0.717, 1.165) is 11.3 Å². The first-order valence-corrected chi connectivity index (χ1v) is 6.55. The summed E-state index contributed by atoms with van der Waals surface area (Å²) in [6.45, 7) is 0.0905. The van der Waals surface area contributed by atoms with Crippen LogP contribution in [0.5, 0.6) is 0 Å². The van der Waals surface area contributed by atoms with Crippen LogP contribution in [-0.2, 0) is 19.5 Å². The zero-order valence-corrected chi connectivity index (χ0v) is 10.1. The summed E-state index contributed by atoms with van der Waals surface area (Å²) in [6.07, 6.45) is -0.570. The van der Waals surface area contributed by atoms with Crippen molar-refractivity contribution >= 4 is 21.4 Å². The van der Waals surface area contributed by atoms with E-state index in [1.165, 1.54) is 14.2 Å². The number of ether oxygens (including phenoxy) is 2. The lowest BCUT2D eigenvalue weighted by atomic mass is 10.6. The van der Waals surface area contributed by atoms with Crippen molar-refractivity contribution in [1.29, 1.82) is 0 Å². The van der Waals surface area contributed by atoms with Gasteiger partial charge in [-0.25, -0.2) is 13.1 Å². The molecule has 0 spiro atoms. The SMILES string of the molecule is COC(CNS(=O)(=O)c1cccs1)OC. The van der Waals surface area contributed by atoms with Gasteiger partial charge in [-0.1, -0.05) is 6.07 Å². The van der Waals surface area contributed by atoms with E-state index in [0.29, 0.717) is 0 Å². The Hall–Kier alpha value is -0.470. The van der Waals surface area contributed by atoms with Gasteiger partial charge in [0.2, 0.25) is 10.0 Å². The highest BCUT2D eigenvalue weighted by Gasteiger charge is 2.16. The molecule has 0 saturated heterocycles. The zero-order valence-electron chi connectivity index (χ0n) is 8.47. The standard InChI is InChI=1S/C8H13NO4S2/c1-12-7(13-2)6-9-15(10,11)8-4-3-5-14-8/h3-5,7,9H,6H2,1-2H3. The molecule has 7 heteroatoms. The van der Waals surface area contributed by atoms with Crippen LogP contribution in [0.25, 0.3) is 0 Å². The summed E-state index contributed by atoms with van der Waals surface area (Å²) >= 11 is 1.16. The summed E-state index contributed by atoms with van der Waals surface area (Å²) < 4.78 is 35.7. The Bertz CT molecular complexity index is 369. The molecule has 1 aromatic heterocycles. The van der Waals surface area contributed by atoms with Gasteiger partial charge in [-0.15, -0.1) is 11.3 Å². The van der Waals surface area contributed by atoms with Crippen LogP contribution >= 0.6 is 11.3 Å². The van der Waals surface area contributed by atoms with Crippen LogP contribution in [0, 0.1) is 0 Å². The van der Waals surface area contributed by atoms with E-state index < -0.39 is 16.3 Å². The third kappa shape index (κ3) is 3.54. The van der Waals surface area contributed by atoms with E-state index in [9.17, 15) is 8.42 Å². The Kier molecular flexibility index (Phi) is 4.68. The second kappa shape index (κ2) is 5.57. The minimum atomic E-state index is -3.42. The van der Waals surface area contributed by atoms with E-state index in [2.05, 4.69) is 4.72 Å². The molecular formula is C8H13NO4S2. The third-order valence-corrected chi connectivity index (χ3v) is 4.55. The highest BCUT2D eigenvalue weighted by molar-refractivity contribution is 7.91. The van der Waals surface area contributed by atoms with Gasteiger partial charge in [0.05, 0.1) is 6.54 Å². The summed E-state index contributed by atoms with van der Waals surface area (Å²) in [5.41, 5.74) is 0. The summed E-state index contributed by atoms with van der Waals surface area (Å²) in [5, 5.41) is 1.71. The number of nitrogens with one attached hydrogen (secondary N) is 1. The monoisotopic (exact) mass is 251 g/mol. The molecule has 0 aliphatic rings. The normalized spacial score (nSPS) is 12.2. The largest absolute Gasteiger partial charge is 0.355 e. The van der Waals surface area contributed by atoms with E-state index in [-0.39, 0.29) is 10.8 Å². The van der Waals surface area contributed by atoms with Gasteiger partial charge in [0, 0.05) is 14.2 Å². The summed E-state index contributed by atoms with van der Waals surface area (Å²) in [6, 6.07) is 3.23. The van der Waals surface area contributed by atoms with Gasteiger partial charge in [-0.05, 0) is 11.4 Å². The van der Waals surface area contributed by atoms with E-state index in [4.69, 9.17) is 9.47 Å². The molecule has 1 heterocycles. The highest BCUT2D eigenvalue weighted by atomic mass is 32.2. The smallest absolute Gasteiger partial charge is 0.250 e. The maximum atomic E-state index is 11.6. The van der Waals surface area contributed by atoms with E-state index >= 15 is 0 Å². The van der Waals surface area contributed by atoms with Gasteiger partial charge in [0.25, 0.3) is 0 Å². The molecule has 15 heavy (non-hydrogen) atoms. The molecule has 0 saturated carbocycles. The molecule has 0 aliphatic heterocycles. The number of rotatable bonds is 6. The average molecular weight is 251 g/mol. The van der Waals surface area contributed by atoms with E-state index in [1.807, 2.05) is 0 Å². The van der Waals surface area contributed by atoms with Crippen LogP contribution in [0.1, 0.15) is 0 Å². The second-order valence-electron chi connectivity index (χ2n) is 2.68. The Balaban J connectivity index is 2.59. The molecular weight excluding hydrogens is 238 g/mol. The minimum absolute atomic E-state index is 0.0905. The second-order valence-corrected chi connectivity index (χ2v) is 5.63. The molecule has 5 nitrogen and oxygen atoms in total. The van der Waals surface area contributed by atoms with Gasteiger partial charge < -0.3 is 9.47 Å². The first-order valence-electron chi connectivity index (χ1n) is 4.19. The van der Waals surface area contributed by atoms with Crippen molar-refractivity contribution in [1.82, 2.24) is 4.72 Å². The summed E-state index contributed by atoms with van der Waals surface area (Å²) in [7, 11) is -0.520. The summed E-state index contributed by atoms with van der Waals surface area (Å²) in [4.78, 5) is 0. The van der Waals surface area contributed by atoms with Crippen LogP contribution in [0.3, 0.4) is 0 Å². The van der Waals surface area contributed by atoms with Crippen LogP contribution in [0.15, 0.2) is 21.7 Å². The fourth-order valence-corrected chi connectivity index (χ4v) is 2.98. The van der Waals surface area contributed by atoms with Crippen molar-refractivity contribution in [2.75, 3.05) is 20.8 Å². The van der Waals surface area contributed by atoms with Crippen molar-refractivity contribution in [3.8, 4) is 0 Å². The molecule has 1 N–H and O–H groups in total. The van der Waals surface area contributed by atoms with Gasteiger partial charge in [0.1, 0.15) is 4.21 Å². The molecule has 0 aromatic carbocycles. The maximum Gasteiger partial charge on any atom is 0.250 e. The number of hydrogen-bond donors (Lipinski definition) is 1. The zero-order chi connectivity index (χ0) is 11.3. The highest BCUT2D eigenvalue weighted by Crippen LogP contribution is 2.15. The summed E-state index contributed by atoms with van der Waals surface area (Å²) in [5.74, 6) is 0. The molecule has 0 unspecified atom stereocenters. The van der Waals surface area contributed by atoms with Crippen molar-refractivity contribution in [3.05, 3.63) is 17.5 Å². The quantitative estimate of drug-likeness (QED) is 0.754. The van der Waals surface area contributed by atoms with Gasteiger partial charge >= 0.3 is 0 Å². The van der Waals surface area contributed by atoms with Crippen molar-refractivity contribution in [2.24, 2.45) is 0 Å². The lowest BCUT2D eigenvalue weighted by Crippen LogP contribution is -2.33. The molecule has 0 bridgehead atoms. The minimum Gasteiger partial charge on any atom is -0.355 e. The fraction of sp³-hybridized carbons (Fsp3) is 0.500. The van der Waals surface area contributed by atoms with E-state index in [1.54, 1.807) is 17.5 Å². The molecule has 1 rings (SSSR count). The van der Waals surface area contributed by atoms with Crippen LogP contribution in [-0.4, -0.2) is 35.5 Å². The lowest BCUT2D eigenvalue weighted by molar-refractivity contribution is -0.0960. The molecule has 1 aromatic rings. The predicted octanol–water partition coefficient (Wildman–Crippen LogP) is 0.645. The number of sulfonamides is 1. The van der Waals surface area contributed by atoms with Gasteiger partial charge in [0.15, 0.2) is 6.29 Å². The Labute approximate surface area is 93.1 Å². The first-order chi connectivity index (χ1) is 7.10. The van der Waals surface area contributed by atoms with Crippen LogP contribution < -0.4 is 4.72 Å². The Morgan fingerprint density at radius 1 is 1.47 bits per heavy atom. The fourth-order valence-electron chi connectivity index (χ4n) is 0.928. The van der Waals surface area contributed by atoms with Crippen LogP contribution in [0.2, 0.25) is 0 Å². The third-order valence-electron chi connectivity index (χ3n) is 1.73. The molecule has 0 atom stereocenters. The maximum absolute atomic E-state index is 11.6. The first kappa shape index (κ1) is 12.6. The lowest BCUT2D eigenvalue weighted by Gasteiger charge is -2.13. The Morgan fingerprint density at radius 3 is 2.60 bits per heavy atom. The number of thiophene rings is 1. The number of hydrogen-bond acceptors (Lipinski definition) is 5. The molecule has 0 radical (unpaired) electrons. The van der Waals surface area contributed by atoms with Crippen LogP contribution in [0.4, 0.5) is 0 Å². The van der Waals surface area contributed by atoms with Crippen molar-refractivity contribution < 1.29 is 17.9 Å². The molecule has 0 fully saturated rings. The average Bonchev–Trinajstić information content (AvgIpc) is 2.72. The number of methoxy groups -OCH3 is 2. The Morgan fingerprint density at radius 2 is 2.13 bits per heavy atom. The topological polar surface area (TPSA) is 64.6 Å². The van der Waals surface area contributed by atoms with Crippen molar-refractivity contribution in [2.45, 2.75) is 10.5 Å².